The highest BCUT2D eigenvalue weighted by Gasteiger charge is 2.20. The molecule has 0 spiro atoms. The van der Waals surface area contributed by atoms with Gasteiger partial charge in [-0.05, 0) is 51.1 Å². The SMILES string of the molecule is Cc1nc2c(C(N)=O)cnn2c(C)c1CCC(=O)Nc1cc(Cl)ccc1N1CCN(C)CC1. The molecule has 174 valence electrons. The van der Waals surface area contributed by atoms with Gasteiger partial charge >= 0.3 is 0 Å². The van der Waals surface area contributed by atoms with Gasteiger partial charge in [-0.3, -0.25) is 9.59 Å². The lowest BCUT2D eigenvalue weighted by atomic mass is 10.1. The minimum atomic E-state index is -0.568. The van der Waals surface area contributed by atoms with Gasteiger partial charge in [0, 0.05) is 49.0 Å². The summed E-state index contributed by atoms with van der Waals surface area (Å²) in [5.74, 6) is -0.675. The van der Waals surface area contributed by atoms with Gasteiger partial charge in [-0.15, -0.1) is 0 Å². The molecule has 9 nitrogen and oxygen atoms in total. The number of likely N-dealkylation sites (N-methyl/N-ethyl adjacent to an activating group) is 1. The standard InChI is InChI=1S/C23H28ClN7O2/c1-14-17(15(2)31-23(27-14)18(13-26-31)22(25)33)5-7-21(32)28-19-12-16(24)4-6-20(19)30-10-8-29(3)9-11-30/h4,6,12-13H,5,7-11H2,1-3H3,(H2,25,33)(H,28,32). The van der Waals surface area contributed by atoms with E-state index in [1.54, 1.807) is 10.6 Å². The molecule has 1 aliphatic rings. The second-order valence-electron chi connectivity index (χ2n) is 8.42. The molecule has 1 saturated heterocycles. The summed E-state index contributed by atoms with van der Waals surface area (Å²) in [6, 6.07) is 5.61. The van der Waals surface area contributed by atoms with Crippen molar-refractivity contribution >= 4 is 40.4 Å². The zero-order valence-corrected chi connectivity index (χ0v) is 19.8. The number of benzene rings is 1. The molecule has 0 bridgehead atoms. The van der Waals surface area contributed by atoms with Crippen LogP contribution in [0.3, 0.4) is 0 Å². The van der Waals surface area contributed by atoms with Crippen LogP contribution in [0, 0.1) is 13.8 Å². The molecule has 2 aromatic heterocycles. The molecule has 1 aromatic carbocycles. The number of amides is 2. The maximum atomic E-state index is 12.9. The van der Waals surface area contributed by atoms with Crippen molar-refractivity contribution in [2.75, 3.05) is 43.4 Å². The summed E-state index contributed by atoms with van der Waals surface area (Å²) in [6.07, 6.45) is 2.18. The second-order valence-corrected chi connectivity index (χ2v) is 8.86. The van der Waals surface area contributed by atoms with E-state index >= 15 is 0 Å². The van der Waals surface area contributed by atoms with Gasteiger partial charge in [0.1, 0.15) is 5.56 Å². The van der Waals surface area contributed by atoms with Crippen LogP contribution in [0.4, 0.5) is 11.4 Å². The first-order valence-electron chi connectivity index (χ1n) is 10.9. The van der Waals surface area contributed by atoms with Gasteiger partial charge in [-0.25, -0.2) is 9.50 Å². The molecular weight excluding hydrogens is 442 g/mol. The van der Waals surface area contributed by atoms with Crippen LogP contribution < -0.4 is 16.0 Å². The average molecular weight is 470 g/mol. The van der Waals surface area contributed by atoms with E-state index in [0.29, 0.717) is 17.1 Å². The number of carbonyl (C=O) groups excluding carboxylic acids is 2. The third kappa shape index (κ3) is 4.79. The molecule has 0 atom stereocenters. The Bertz CT molecular complexity index is 1220. The van der Waals surface area contributed by atoms with Gasteiger partial charge < -0.3 is 20.9 Å². The Balaban J connectivity index is 1.50. The van der Waals surface area contributed by atoms with Gasteiger partial charge in [0.2, 0.25) is 5.91 Å². The van der Waals surface area contributed by atoms with E-state index in [4.69, 9.17) is 17.3 Å². The number of hydrogen-bond acceptors (Lipinski definition) is 6. The molecule has 0 aliphatic carbocycles. The summed E-state index contributed by atoms with van der Waals surface area (Å²) in [5, 5.41) is 7.86. The fourth-order valence-corrected chi connectivity index (χ4v) is 4.40. The number of nitrogens with zero attached hydrogens (tertiary/aromatic N) is 5. The van der Waals surface area contributed by atoms with E-state index in [0.717, 1.165) is 54.5 Å². The fraction of sp³-hybridized carbons (Fsp3) is 0.391. The monoisotopic (exact) mass is 469 g/mol. The third-order valence-corrected chi connectivity index (χ3v) is 6.39. The highest BCUT2D eigenvalue weighted by atomic mass is 35.5. The van der Waals surface area contributed by atoms with Crippen LogP contribution in [0.25, 0.3) is 5.65 Å². The smallest absolute Gasteiger partial charge is 0.254 e. The van der Waals surface area contributed by atoms with Crippen LogP contribution in [0.5, 0.6) is 0 Å². The normalized spacial score (nSPS) is 14.6. The largest absolute Gasteiger partial charge is 0.367 e. The first-order valence-corrected chi connectivity index (χ1v) is 11.3. The highest BCUT2D eigenvalue weighted by Crippen LogP contribution is 2.30. The zero-order chi connectivity index (χ0) is 23.7. The van der Waals surface area contributed by atoms with E-state index in [9.17, 15) is 9.59 Å². The molecule has 10 heteroatoms. The van der Waals surface area contributed by atoms with Gasteiger partial charge in [-0.1, -0.05) is 11.6 Å². The molecule has 33 heavy (non-hydrogen) atoms. The van der Waals surface area contributed by atoms with E-state index in [2.05, 4.69) is 32.2 Å². The lowest BCUT2D eigenvalue weighted by Gasteiger charge is -2.35. The molecule has 3 N–H and O–H groups in total. The minimum Gasteiger partial charge on any atom is -0.367 e. The minimum absolute atomic E-state index is 0.107. The lowest BCUT2D eigenvalue weighted by molar-refractivity contribution is -0.116. The van der Waals surface area contributed by atoms with E-state index in [1.165, 1.54) is 6.20 Å². The summed E-state index contributed by atoms with van der Waals surface area (Å²) >= 11 is 6.23. The second kappa shape index (κ2) is 9.36. The number of halogens is 1. The summed E-state index contributed by atoms with van der Waals surface area (Å²) in [5.41, 5.74) is 10.3. The predicted octanol–water partition coefficient (Wildman–Crippen LogP) is 2.42. The van der Waals surface area contributed by atoms with Gasteiger partial charge in [0.25, 0.3) is 5.91 Å². The average Bonchev–Trinajstić information content (AvgIpc) is 3.19. The van der Waals surface area contributed by atoms with Crippen LogP contribution >= 0.6 is 11.6 Å². The molecule has 2 amide bonds. The molecule has 3 heterocycles. The van der Waals surface area contributed by atoms with Crippen molar-refractivity contribution in [2.24, 2.45) is 5.73 Å². The number of hydrogen-bond donors (Lipinski definition) is 2. The maximum Gasteiger partial charge on any atom is 0.254 e. The van der Waals surface area contributed by atoms with Gasteiger partial charge in [0.05, 0.1) is 17.6 Å². The number of primary amides is 1. The number of rotatable bonds is 6. The Morgan fingerprint density at radius 3 is 2.61 bits per heavy atom. The number of nitrogens with two attached hydrogens (primary N) is 1. The van der Waals surface area contributed by atoms with Crippen LogP contribution in [0.2, 0.25) is 5.02 Å². The molecule has 3 aromatic rings. The van der Waals surface area contributed by atoms with E-state index in [-0.39, 0.29) is 17.9 Å². The van der Waals surface area contributed by atoms with Crippen molar-refractivity contribution in [3.8, 4) is 0 Å². The van der Waals surface area contributed by atoms with Crippen molar-refractivity contribution in [3.63, 3.8) is 0 Å². The van der Waals surface area contributed by atoms with Crippen LogP contribution in [0.15, 0.2) is 24.4 Å². The number of fused-ring (bicyclic) bond motifs is 1. The van der Waals surface area contributed by atoms with E-state index < -0.39 is 5.91 Å². The molecular formula is C23H28ClN7O2. The Kier molecular flexibility index (Phi) is 6.53. The summed E-state index contributed by atoms with van der Waals surface area (Å²) < 4.78 is 1.60. The highest BCUT2D eigenvalue weighted by molar-refractivity contribution is 6.31. The Labute approximate surface area is 197 Å². The van der Waals surface area contributed by atoms with Gasteiger partial charge in [0.15, 0.2) is 5.65 Å². The topological polar surface area (TPSA) is 109 Å². The fourth-order valence-electron chi connectivity index (χ4n) is 4.23. The van der Waals surface area contributed by atoms with Crippen molar-refractivity contribution in [2.45, 2.75) is 26.7 Å². The number of nitrogens with one attached hydrogen (secondary N) is 1. The number of anilines is 2. The first-order chi connectivity index (χ1) is 15.7. The Morgan fingerprint density at radius 2 is 1.91 bits per heavy atom. The molecule has 4 rings (SSSR count). The lowest BCUT2D eigenvalue weighted by Crippen LogP contribution is -2.44. The van der Waals surface area contributed by atoms with Crippen LogP contribution in [0.1, 0.15) is 33.7 Å². The van der Waals surface area contributed by atoms with Crippen molar-refractivity contribution in [3.05, 3.63) is 51.9 Å². The summed E-state index contributed by atoms with van der Waals surface area (Å²) in [6.45, 7) is 7.48. The first kappa shape index (κ1) is 23.0. The molecule has 0 unspecified atom stereocenters. The summed E-state index contributed by atoms with van der Waals surface area (Å²) in [4.78, 5) is 33.6. The molecule has 1 aliphatic heterocycles. The number of aromatic nitrogens is 3. The summed E-state index contributed by atoms with van der Waals surface area (Å²) in [7, 11) is 2.11. The van der Waals surface area contributed by atoms with Crippen molar-refractivity contribution < 1.29 is 9.59 Å². The van der Waals surface area contributed by atoms with E-state index in [1.807, 2.05) is 26.0 Å². The predicted molar refractivity (Wildman–Crippen MR) is 129 cm³/mol. The van der Waals surface area contributed by atoms with Crippen LogP contribution in [-0.2, 0) is 11.2 Å². The van der Waals surface area contributed by atoms with Crippen LogP contribution in [-0.4, -0.2) is 64.5 Å². The van der Waals surface area contributed by atoms with Crippen molar-refractivity contribution in [1.29, 1.82) is 0 Å². The molecule has 0 saturated carbocycles. The van der Waals surface area contributed by atoms with Crippen molar-refractivity contribution in [1.82, 2.24) is 19.5 Å². The zero-order valence-electron chi connectivity index (χ0n) is 19.1. The molecule has 1 fully saturated rings. The quantitative estimate of drug-likeness (QED) is 0.574. The van der Waals surface area contributed by atoms with Gasteiger partial charge in [-0.2, -0.15) is 5.10 Å². The Hall–Kier alpha value is -3.17. The number of piperazine rings is 1. The number of carbonyl (C=O) groups is 2. The third-order valence-electron chi connectivity index (χ3n) is 6.15. The molecule has 0 radical (unpaired) electrons. The Morgan fingerprint density at radius 1 is 1.18 bits per heavy atom. The number of aryl methyl sites for hydroxylation is 2. The maximum absolute atomic E-state index is 12.9.